The Bertz CT molecular complexity index is 1270. The van der Waals surface area contributed by atoms with E-state index in [0.29, 0.717) is 43.1 Å². The molecule has 1 saturated carbocycles. The van der Waals surface area contributed by atoms with Crippen LogP contribution in [0.2, 0.25) is 0 Å². The molecule has 0 aliphatic heterocycles. The second-order valence-corrected chi connectivity index (χ2v) is 10.5. The van der Waals surface area contributed by atoms with Gasteiger partial charge in [-0.15, -0.1) is 10.2 Å². The van der Waals surface area contributed by atoms with Crippen molar-refractivity contribution in [3.8, 4) is 17.5 Å². The monoisotopic (exact) mass is 515 g/mol. The second-order valence-electron chi connectivity index (χ2n) is 10.5. The third kappa shape index (κ3) is 5.95. The SMILES string of the molecule is CCCN(CCOC)C(=O)c1cc(-c2nnc([C@](C)(N)Cc3ccccc3)o2)cc(C2(C#N)CCCC2)c1. The molecule has 200 valence electrons. The molecule has 38 heavy (non-hydrogen) atoms. The van der Waals surface area contributed by atoms with Crippen molar-refractivity contribution in [2.24, 2.45) is 5.73 Å². The number of aromatic nitrogens is 2. The molecule has 2 aromatic carbocycles. The van der Waals surface area contributed by atoms with E-state index in [-0.39, 0.29) is 11.8 Å². The minimum Gasteiger partial charge on any atom is -0.419 e. The zero-order valence-electron chi connectivity index (χ0n) is 22.6. The summed E-state index contributed by atoms with van der Waals surface area (Å²) < 4.78 is 11.4. The van der Waals surface area contributed by atoms with Crippen molar-refractivity contribution in [2.45, 2.75) is 63.3 Å². The van der Waals surface area contributed by atoms with Gasteiger partial charge in [-0.1, -0.05) is 50.1 Å². The van der Waals surface area contributed by atoms with E-state index in [0.717, 1.165) is 43.2 Å². The number of benzene rings is 2. The van der Waals surface area contributed by atoms with Crippen molar-refractivity contribution in [3.63, 3.8) is 0 Å². The van der Waals surface area contributed by atoms with Crippen molar-refractivity contribution < 1.29 is 13.9 Å². The zero-order chi connectivity index (χ0) is 27.2. The molecule has 0 radical (unpaired) electrons. The van der Waals surface area contributed by atoms with Crippen LogP contribution in [0, 0.1) is 11.3 Å². The number of nitriles is 1. The fourth-order valence-corrected chi connectivity index (χ4v) is 5.23. The largest absolute Gasteiger partial charge is 0.419 e. The van der Waals surface area contributed by atoms with Crippen LogP contribution in [0.1, 0.15) is 73.3 Å². The molecule has 1 aromatic heterocycles. The van der Waals surface area contributed by atoms with E-state index >= 15 is 0 Å². The summed E-state index contributed by atoms with van der Waals surface area (Å²) in [7, 11) is 1.63. The van der Waals surface area contributed by atoms with Gasteiger partial charge < -0.3 is 19.8 Å². The normalized spacial score (nSPS) is 16.1. The van der Waals surface area contributed by atoms with Crippen molar-refractivity contribution >= 4 is 5.91 Å². The third-order valence-electron chi connectivity index (χ3n) is 7.32. The lowest BCUT2D eigenvalue weighted by Gasteiger charge is -2.25. The van der Waals surface area contributed by atoms with Gasteiger partial charge in [0.25, 0.3) is 5.91 Å². The summed E-state index contributed by atoms with van der Waals surface area (Å²) in [5.41, 5.74) is 8.12. The predicted octanol–water partition coefficient (Wildman–Crippen LogP) is 4.99. The summed E-state index contributed by atoms with van der Waals surface area (Å²) in [5.74, 6) is 0.495. The number of hydrogen-bond acceptors (Lipinski definition) is 7. The zero-order valence-corrected chi connectivity index (χ0v) is 22.6. The quantitative estimate of drug-likeness (QED) is 0.382. The minimum absolute atomic E-state index is 0.106. The standard InChI is InChI=1S/C30H37N5O3/c1-4-14-35(15-16-37-3)27(36)24-17-23(18-25(19-24)30(21-31)12-8-9-13-30)26-33-34-28(38-26)29(2,32)20-22-10-6-5-7-11-22/h5-7,10-11,17-19H,4,8-9,12-16,20,32H2,1-3H3/t29-/m1/s1. The lowest BCUT2D eigenvalue weighted by atomic mass is 9.79. The molecular formula is C30H37N5O3. The van der Waals surface area contributed by atoms with E-state index in [1.807, 2.05) is 56.3 Å². The fraction of sp³-hybridized carbons (Fsp3) is 0.467. The number of carbonyl (C=O) groups excluding carboxylic acids is 1. The van der Waals surface area contributed by atoms with Gasteiger partial charge in [-0.05, 0) is 61.9 Å². The topological polar surface area (TPSA) is 118 Å². The highest BCUT2D eigenvalue weighted by Crippen LogP contribution is 2.42. The summed E-state index contributed by atoms with van der Waals surface area (Å²) in [4.78, 5) is 15.4. The Morgan fingerprint density at radius 1 is 1.18 bits per heavy atom. The van der Waals surface area contributed by atoms with E-state index < -0.39 is 11.0 Å². The maximum Gasteiger partial charge on any atom is 0.253 e. The van der Waals surface area contributed by atoms with Crippen LogP contribution in [0.3, 0.4) is 0 Å². The molecule has 8 nitrogen and oxygen atoms in total. The number of carbonyl (C=O) groups is 1. The highest BCUT2D eigenvalue weighted by Gasteiger charge is 2.37. The van der Waals surface area contributed by atoms with Gasteiger partial charge in [-0.25, -0.2) is 0 Å². The Kier molecular flexibility index (Phi) is 8.60. The maximum absolute atomic E-state index is 13.7. The first kappa shape index (κ1) is 27.5. The Morgan fingerprint density at radius 2 is 1.92 bits per heavy atom. The van der Waals surface area contributed by atoms with E-state index in [1.54, 1.807) is 18.1 Å². The Labute approximate surface area is 224 Å². The lowest BCUT2D eigenvalue weighted by Crippen LogP contribution is -2.35. The smallest absolute Gasteiger partial charge is 0.253 e. The fourth-order valence-electron chi connectivity index (χ4n) is 5.23. The van der Waals surface area contributed by atoms with Gasteiger partial charge in [-0.2, -0.15) is 5.26 Å². The van der Waals surface area contributed by atoms with Crippen LogP contribution in [0.4, 0.5) is 0 Å². The van der Waals surface area contributed by atoms with Crippen LogP contribution in [0.15, 0.2) is 52.9 Å². The molecule has 3 aromatic rings. The molecule has 8 heteroatoms. The van der Waals surface area contributed by atoms with Gasteiger partial charge >= 0.3 is 0 Å². The summed E-state index contributed by atoms with van der Waals surface area (Å²) >= 11 is 0. The van der Waals surface area contributed by atoms with Crippen molar-refractivity contribution in [2.75, 3.05) is 26.8 Å². The van der Waals surface area contributed by atoms with Crippen LogP contribution in [-0.4, -0.2) is 47.8 Å². The minimum atomic E-state index is -0.875. The average Bonchev–Trinajstić information content (AvgIpc) is 3.62. The van der Waals surface area contributed by atoms with Gasteiger partial charge in [0.1, 0.15) is 0 Å². The maximum atomic E-state index is 13.7. The second kappa shape index (κ2) is 11.9. The van der Waals surface area contributed by atoms with Crippen LogP contribution < -0.4 is 5.73 Å². The van der Waals surface area contributed by atoms with Gasteiger partial charge in [-0.3, -0.25) is 4.79 Å². The first-order chi connectivity index (χ1) is 18.3. The molecule has 0 unspecified atom stereocenters. The van der Waals surface area contributed by atoms with E-state index in [2.05, 4.69) is 16.3 Å². The van der Waals surface area contributed by atoms with Crippen LogP contribution in [-0.2, 0) is 22.1 Å². The van der Waals surface area contributed by atoms with Gasteiger partial charge in [0.15, 0.2) is 0 Å². The van der Waals surface area contributed by atoms with E-state index in [9.17, 15) is 10.1 Å². The number of hydrogen-bond donors (Lipinski definition) is 1. The molecule has 1 aliphatic carbocycles. The van der Waals surface area contributed by atoms with Crippen LogP contribution in [0.5, 0.6) is 0 Å². The molecule has 0 saturated heterocycles. The highest BCUT2D eigenvalue weighted by molar-refractivity contribution is 5.95. The third-order valence-corrected chi connectivity index (χ3v) is 7.32. The van der Waals surface area contributed by atoms with E-state index in [1.165, 1.54) is 0 Å². The first-order valence-electron chi connectivity index (χ1n) is 13.3. The number of ether oxygens (including phenoxy) is 1. The van der Waals surface area contributed by atoms with Gasteiger partial charge in [0.2, 0.25) is 11.8 Å². The molecule has 1 aliphatic rings. The highest BCUT2D eigenvalue weighted by atomic mass is 16.5. The molecule has 1 amide bonds. The van der Waals surface area contributed by atoms with E-state index in [4.69, 9.17) is 14.9 Å². The first-order valence-corrected chi connectivity index (χ1v) is 13.3. The molecule has 1 atom stereocenters. The van der Waals surface area contributed by atoms with Crippen molar-refractivity contribution in [1.29, 1.82) is 5.26 Å². The summed E-state index contributed by atoms with van der Waals surface area (Å²) in [6, 6.07) is 18.1. The summed E-state index contributed by atoms with van der Waals surface area (Å²) in [6.07, 6.45) is 4.83. The number of nitrogens with two attached hydrogens (primary N) is 1. The summed E-state index contributed by atoms with van der Waals surface area (Å²) in [6.45, 7) is 5.45. The Balaban J connectivity index is 1.73. The molecule has 0 spiro atoms. The number of amides is 1. The molecule has 4 rings (SSSR count). The lowest BCUT2D eigenvalue weighted by molar-refractivity contribution is 0.0695. The number of nitrogens with zero attached hydrogens (tertiary/aromatic N) is 4. The predicted molar refractivity (Wildman–Crippen MR) is 145 cm³/mol. The van der Waals surface area contributed by atoms with Gasteiger partial charge in [0.05, 0.1) is 23.6 Å². The molecule has 1 heterocycles. The molecule has 2 N–H and O–H groups in total. The van der Waals surface area contributed by atoms with Crippen molar-refractivity contribution in [3.05, 3.63) is 71.1 Å². The average molecular weight is 516 g/mol. The summed E-state index contributed by atoms with van der Waals surface area (Å²) in [5, 5.41) is 18.8. The molecule has 0 bridgehead atoms. The van der Waals surface area contributed by atoms with Gasteiger partial charge in [0, 0.05) is 31.3 Å². The molecular weight excluding hydrogens is 478 g/mol. The Hall–Kier alpha value is -3.54. The number of rotatable bonds is 11. The number of methoxy groups -OCH3 is 1. The van der Waals surface area contributed by atoms with Crippen molar-refractivity contribution in [1.82, 2.24) is 15.1 Å². The Morgan fingerprint density at radius 3 is 2.58 bits per heavy atom. The van der Waals surface area contributed by atoms with Crippen LogP contribution >= 0.6 is 0 Å². The van der Waals surface area contributed by atoms with Crippen LogP contribution in [0.25, 0.3) is 11.5 Å². The molecule has 1 fully saturated rings.